The van der Waals surface area contributed by atoms with Crippen molar-refractivity contribution in [3.8, 4) is 0 Å². The van der Waals surface area contributed by atoms with Crippen molar-refractivity contribution in [2.45, 2.75) is 83.5 Å². The molecule has 1 spiro atoms. The molecule has 0 aromatic heterocycles. The molecule has 2 amide bonds. The van der Waals surface area contributed by atoms with Gasteiger partial charge in [-0.25, -0.2) is 8.42 Å². The standard InChI is InChI=1S/C33H46N4O5S/c1-5-36(30(38)28(35-31(39)32(3,4)34)24-42-23-25-16-10-7-11-17-25)22-27-29(26-18-12-8-13-19-26)43(40,41)37(6-2)33(27)20-14-9-15-21-33/h7-8,10-13,16-19,28H,5-6,9,14-15,20-24,34H2,1-4H3,(H,35,39)/t28-/m1/s1. The SMILES string of the molecule is CCN(CC1=C(c2ccccc2)S(=O)(=O)N(CC)C12CCCCC2)C(=O)[C@@H](COCc1ccccc1)NC(=O)C(C)(C)N. The largest absolute Gasteiger partial charge is 0.374 e. The normalized spacial score (nSPS) is 18.9. The van der Waals surface area contributed by atoms with Crippen LogP contribution in [0, 0.1) is 0 Å². The Kier molecular flexibility index (Phi) is 10.5. The van der Waals surface area contributed by atoms with Crippen LogP contribution < -0.4 is 11.1 Å². The van der Waals surface area contributed by atoms with Crippen LogP contribution in [0.5, 0.6) is 0 Å². The summed E-state index contributed by atoms with van der Waals surface area (Å²) in [5, 5.41) is 2.81. The average molecular weight is 611 g/mol. The molecular formula is C33H46N4O5S. The fourth-order valence-corrected chi connectivity index (χ4v) is 8.61. The van der Waals surface area contributed by atoms with Gasteiger partial charge in [0.15, 0.2) is 0 Å². The van der Waals surface area contributed by atoms with Gasteiger partial charge in [0, 0.05) is 19.6 Å². The van der Waals surface area contributed by atoms with Gasteiger partial charge in [-0.3, -0.25) is 9.59 Å². The van der Waals surface area contributed by atoms with E-state index in [2.05, 4.69) is 5.32 Å². The third-order valence-electron chi connectivity index (χ3n) is 8.49. The molecule has 1 fully saturated rings. The van der Waals surface area contributed by atoms with Crippen molar-refractivity contribution in [1.82, 2.24) is 14.5 Å². The highest BCUT2D eigenvalue weighted by atomic mass is 32.2. The van der Waals surface area contributed by atoms with E-state index in [0.29, 0.717) is 36.4 Å². The van der Waals surface area contributed by atoms with Crippen LogP contribution in [0.4, 0.5) is 0 Å². The van der Waals surface area contributed by atoms with Gasteiger partial charge in [-0.2, -0.15) is 4.31 Å². The van der Waals surface area contributed by atoms with E-state index in [4.69, 9.17) is 10.5 Å². The average Bonchev–Trinajstić information content (AvgIpc) is 3.16. The summed E-state index contributed by atoms with van der Waals surface area (Å²) in [5.74, 6) is -0.815. The van der Waals surface area contributed by atoms with Crippen molar-refractivity contribution in [1.29, 1.82) is 0 Å². The lowest BCUT2D eigenvalue weighted by Crippen LogP contribution is -2.58. The van der Waals surface area contributed by atoms with Crippen LogP contribution in [0.1, 0.15) is 70.9 Å². The molecule has 4 rings (SSSR count). The van der Waals surface area contributed by atoms with Crippen molar-refractivity contribution in [3.63, 3.8) is 0 Å². The van der Waals surface area contributed by atoms with E-state index in [9.17, 15) is 18.0 Å². The summed E-state index contributed by atoms with van der Waals surface area (Å²) >= 11 is 0. The molecule has 0 unspecified atom stereocenters. The number of ether oxygens (including phenoxy) is 1. The van der Waals surface area contributed by atoms with Gasteiger partial charge in [0.25, 0.3) is 0 Å². The molecule has 2 aliphatic rings. The minimum Gasteiger partial charge on any atom is -0.374 e. The molecular weight excluding hydrogens is 564 g/mol. The zero-order valence-electron chi connectivity index (χ0n) is 25.8. The zero-order valence-corrected chi connectivity index (χ0v) is 26.7. The number of sulfonamides is 1. The second-order valence-corrected chi connectivity index (χ2v) is 13.8. The molecule has 1 atom stereocenters. The van der Waals surface area contributed by atoms with Crippen LogP contribution in [0.15, 0.2) is 66.2 Å². The molecule has 1 saturated carbocycles. The maximum absolute atomic E-state index is 14.2. The van der Waals surface area contributed by atoms with Gasteiger partial charge in [0.2, 0.25) is 21.8 Å². The monoisotopic (exact) mass is 610 g/mol. The van der Waals surface area contributed by atoms with Crippen molar-refractivity contribution in [2.24, 2.45) is 5.73 Å². The van der Waals surface area contributed by atoms with E-state index < -0.39 is 33.1 Å². The number of likely N-dealkylation sites (N-methyl/N-ethyl adjacent to an activating group) is 2. The molecule has 2 aromatic carbocycles. The predicted octanol–water partition coefficient (Wildman–Crippen LogP) is 4.05. The number of hydrogen-bond acceptors (Lipinski definition) is 6. The first kappa shape index (κ1) is 32.9. The van der Waals surface area contributed by atoms with Gasteiger partial charge in [0.1, 0.15) is 6.04 Å². The Labute approximate surface area is 256 Å². The van der Waals surface area contributed by atoms with Gasteiger partial charge in [0.05, 0.1) is 29.2 Å². The number of carbonyl (C=O) groups is 2. The molecule has 0 saturated heterocycles. The Hall–Kier alpha value is -3.05. The smallest absolute Gasteiger partial charge is 0.247 e. The number of hydrogen-bond donors (Lipinski definition) is 2. The second kappa shape index (κ2) is 13.7. The molecule has 10 heteroatoms. The maximum atomic E-state index is 14.2. The molecule has 3 N–H and O–H groups in total. The molecule has 0 radical (unpaired) electrons. The molecule has 2 aromatic rings. The molecule has 1 heterocycles. The lowest BCUT2D eigenvalue weighted by Gasteiger charge is -2.43. The maximum Gasteiger partial charge on any atom is 0.247 e. The molecule has 0 bridgehead atoms. The summed E-state index contributed by atoms with van der Waals surface area (Å²) in [7, 11) is -3.81. The Morgan fingerprint density at radius 1 is 1.02 bits per heavy atom. The Morgan fingerprint density at radius 2 is 1.63 bits per heavy atom. The minimum absolute atomic E-state index is 0.0544. The first-order valence-corrected chi connectivity index (χ1v) is 16.7. The Bertz CT molecular complexity index is 1400. The number of benzene rings is 2. The number of carbonyl (C=O) groups excluding carboxylic acids is 2. The summed E-state index contributed by atoms with van der Waals surface area (Å²) < 4.78 is 36.0. The highest BCUT2D eigenvalue weighted by molar-refractivity contribution is 7.98. The molecule has 43 heavy (non-hydrogen) atoms. The van der Waals surface area contributed by atoms with Gasteiger partial charge in [-0.1, -0.05) is 86.8 Å². The number of nitrogens with two attached hydrogens (primary N) is 1. The topological polar surface area (TPSA) is 122 Å². The summed E-state index contributed by atoms with van der Waals surface area (Å²) in [5.41, 5.74) is 6.50. The van der Waals surface area contributed by atoms with Gasteiger partial charge >= 0.3 is 0 Å². The number of amides is 2. The van der Waals surface area contributed by atoms with Gasteiger partial charge < -0.3 is 20.7 Å². The summed E-state index contributed by atoms with van der Waals surface area (Å²) in [6.45, 7) is 7.93. The van der Waals surface area contributed by atoms with Crippen LogP contribution in [0.2, 0.25) is 0 Å². The third-order valence-corrected chi connectivity index (χ3v) is 10.7. The molecule has 9 nitrogen and oxygen atoms in total. The number of rotatable bonds is 12. The van der Waals surface area contributed by atoms with Crippen LogP contribution in [-0.4, -0.2) is 72.8 Å². The quantitative estimate of drug-likeness (QED) is 0.374. The van der Waals surface area contributed by atoms with E-state index in [1.54, 1.807) is 23.1 Å². The third kappa shape index (κ3) is 7.03. The minimum atomic E-state index is -3.81. The predicted molar refractivity (Wildman–Crippen MR) is 169 cm³/mol. The van der Waals surface area contributed by atoms with Crippen molar-refractivity contribution in [2.75, 3.05) is 26.2 Å². The zero-order chi connectivity index (χ0) is 31.3. The molecule has 1 aliphatic heterocycles. The second-order valence-electron chi connectivity index (χ2n) is 12.0. The molecule has 234 valence electrons. The van der Waals surface area contributed by atoms with Crippen LogP contribution in [0.25, 0.3) is 4.91 Å². The highest BCUT2D eigenvalue weighted by Gasteiger charge is 2.55. The lowest BCUT2D eigenvalue weighted by atomic mass is 9.75. The lowest BCUT2D eigenvalue weighted by molar-refractivity contribution is -0.139. The van der Waals surface area contributed by atoms with E-state index in [0.717, 1.165) is 30.4 Å². The fourth-order valence-electron chi connectivity index (χ4n) is 6.29. The van der Waals surface area contributed by atoms with Crippen molar-refractivity contribution < 1.29 is 22.7 Å². The highest BCUT2D eigenvalue weighted by Crippen LogP contribution is 2.52. The summed E-state index contributed by atoms with van der Waals surface area (Å²) in [6.07, 6.45) is 4.29. The molecule has 1 aliphatic carbocycles. The summed E-state index contributed by atoms with van der Waals surface area (Å²) in [6, 6.07) is 17.8. The Balaban J connectivity index is 1.71. The fraction of sp³-hybridized carbons (Fsp3) is 0.515. The van der Waals surface area contributed by atoms with Gasteiger partial charge in [-0.05, 0) is 50.3 Å². The first-order valence-electron chi connectivity index (χ1n) is 15.3. The number of nitrogens with one attached hydrogen (secondary N) is 1. The summed E-state index contributed by atoms with van der Waals surface area (Å²) in [4.78, 5) is 29.1. The Morgan fingerprint density at radius 3 is 2.19 bits per heavy atom. The first-order chi connectivity index (χ1) is 20.5. The van der Waals surface area contributed by atoms with Crippen LogP contribution in [-0.2, 0) is 31.0 Å². The number of nitrogens with zero attached hydrogens (tertiary/aromatic N) is 2. The van der Waals surface area contributed by atoms with Crippen LogP contribution >= 0.6 is 0 Å². The van der Waals surface area contributed by atoms with E-state index in [1.165, 1.54) is 0 Å². The van der Waals surface area contributed by atoms with E-state index in [1.807, 2.05) is 74.5 Å². The van der Waals surface area contributed by atoms with Crippen molar-refractivity contribution >= 4 is 26.7 Å². The van der Waals surface area contributed by atoms with E-state index >= 15 is 0 Å². The van der Waals surface area contributed by atoms with Gasteiger partial charge in [-0.15, -0.1) is 0 Å². The van der Waals surface area contributed by atoms with Crippen LogP contribution in [0.3, 0.4) is 0 Å². The van der Waals surface area contributed by atoms with Crippen molar-refractivity contribution in [3.05, 3.63) is 77.4 Å². The van der Waals surface area contributed by atoms with E-state index in [-0.39, 0.29) is 25.7 Å².